The first-order valence-corrected chi connectivity index (χ1v) is 8.07. The molecule has 1 amide bonds. The van der Waals surface area contributed by atoms with E-state index in [1.165, 1.54) is 6.07 Å². The summed E-state index contributed by atoms with van der Waals surface area (Å²) in [5.74, 6) is 0.130. The highest BCUT2D eigenvalue weighted by Gasteiger charge is 2.34. The largest absolute Gasteiger partial charge is 0.355 e. The van der Waals surface area contributed by atoms with Gasteiger partial charge in [0.2, 0.25) is 5.91 Å². The molecule has 0 radical (unpaired) electrons. The van der Waals surface area contributed by atoms with Crippen LogP contribution in [0.3, 0.4) is 0 Å². The van der Waals surface area contributed by atoms with Gasteiger partial charge in [-0.3, -0.25) is 9.69 Å². The summed E-state index contributed by atoms with van der Waals surface area (Å²) in [4.78, 5) is 14.2. The summed E-state index contributed by atoms with van der Waals surface area (Å²) in [5, 5.41) is 6.29. The first-order chi connectivity index (χ1) is 10.6. The zero-order valence-corrected chi connectivity index (χ0v) is 13.4. The maximum absolute atomic E-state index is 13.7. The molecule has 1 aromatic rings. The average molecular weight is 326 g/mol. The summed E-state index contributed by atoms with van der Waals surface area (Å²) in [6, 6.07) is 5.11. The SMILES string of the molecule is CN1CCC(CNC(=O)C2CNC2)C1c1ccc(Cl)c(F)c1. The van der Waals surface area contributed by atoms with E-state index >= 15 is 0 Å². The van der Waals surface area contributed by atoms with Crippen LogP contribution in [0.25, 0.3) is 0 Å². The van der Waals surface area contributed by atoms with Gasteiger partial charge < -0.3 is 10.6 Å². The van der Waals surface area contributed by atoms with Crippen molar-refractivity contribution in [1.29, 1.82) is 0 Å². The Hall–Kier alpha value is -1.17. The molecule has 1 aromatic carbocycles. The van der Waals surface area contributed by atoms with Crippen LogP contribution in [0.2, 0.25) is 5.02 Å². The Morgan fingerprint density at radius 3 is 2.91 bits per heavy atom. The third-order valence-electron chi connectivity index (χ3n) is 4.75. The van der Waals surface area contributed by atoms with Crippen molar-refractivity contribution >= 4 is 17.5 Å². The normalized spacial score (nSPS) is 26.0. The van der Waals surface area contributed by atoms with Crippen LogP contribution in [-0.4, -0.2) is 44.0 Å². The maximum atomic E-state index is 13.7. The number of carbonyl (C=O) groups excluding carboxylic acids is 1. The Balaban J connectivity index is 1.67. The fourth-order valence-electron chi connectivity index (χ4n) is 3.31. The molecule has 3 rings (SSSR count). The Morgan fingerprint density at radius 2 is 2.27 bits per heavy atom. The first-order valence-electron chi connectivity index (χ1n) is 7.70. The predicted molar refractivity (Wildman–Crippen MR) is 84.3 cm³/mol. The van der Waals surface area contributed by atoms with Crippen LogP contribution in [0, 0.1) is 17.7 Å². The van der Waals surface area contributed by atoms with Crippen molar-refractivity contribution in [2.45, 2.75) is 12.5 Å². The second-order valence-corrected chi connectivity index (χ2v) is 6.66. The molecule has 2 saturated heterocycles. The van der Waals surface area contributed by atoms with E-state index in [9.17, 15) is 9.18 Å². The second-order valence-electron chi connectivity index (χ2n) is 6.25. The lowest BCUT2D eigenvalue weighted by atomic mass is 9.93. The molecule has 2 atom stereocenters. The van der Waals surface area contributed by atoms with Gasteiger partial charge in [0.15, 0.2) is 0 Å². The lowest BCUT2D eigenvalue weighted by molar-refractivity contribution is -0.126. The Kier molecular flexibility index (Phi) is 4.66. The molecule has 2 N–H and O–H groups in total. The predicted octanol–water partition coefficient (Wildman–Crippen LogP) is 1.81. The number of nitrogens with one attached hydrogen (secondary N) is 2. The van der Waals surface area contributed by atoms with Crippen molar-refractivity contribution in [3.05, 3.63) is 34.6 Å². The van der Waals surface area contributed by atoms with Gasteiger partial charge in [0, 0.05) is 25.7 Å². The summed E-state index contributed by atoms with van der Waals surface area (Å²) in [6.45, 7) is 3.11. The van der Waals surface area contributed by atoms with Crippen LogP contribution in [0.4, 0.5) is 4.39 Å². The first kappa shape index (κ1) is 15.7. The molecule has 0 bridgehead atoms. The molecule has 0 saturated carbocycles. The lowest BCUT2D eigenvalue weighted by Gasteiger charge is -2.29. The Bertz CT molecular complexity index is 564. The highest BCUT2D eigenvalue weighted by Crippen LogP contribution is 2.36. The zero-order valence-electron chi connectivity index (χ0n) is 12.6. The lowest BCUT2D eigenvalue weighted by Crippen LogP contribution is -2.51. The van der Waals surface area contributed by atoms with Gasteiger partial charge in [-0.25, -0.2) is 4.39 Å². The van der Waals surface area contributed by atoms with E-state index in [2.05, 4.69) is 15.5 Å². The molecule has 2 fully saturated rings. The van der Waals surface area contributed by atoms with Gasteiger partial charge in [-0.2, -0.15) is 0 Å². The standard InChI is InChI=1S/C16H21ClFN3O/c1-21-5-4-11(9-20-16(22)12-7-19-8-12)15(21)10-2-3-13(17)14(18)6-10/h2-3,6,11-12,15,19H,4-5,7-9H2,1H3,(H,20,22). The topological polar surface area (TPSA) is 44.4 Å². The van der Waals surface area contributed by atoms with E-state index in [4.69, 9.17) is 11.6 Å². The number of hydrogen-bond acceptors (Lipinski definition) is 3. The molecule has 0 spiro atoms. The Morgan fingerprint density at radius 1 is 1.50 bits per heavy atom. The number of likely N-dealkylation sites (tertiary alicyclic amines) is 1. The summed E-state index contributed by atoms with van der Waals surface area (Å²) in [7, 11) is 2.04. The van der Waals surface area contributed by atoms with Crippen molar-refractivity contribution in [2.24, 2.45) is 11.8 Å². The van der Waals surface area contributed by atoms with Gasteiger partial charge in [-0.15, -0.1) is 0 Å². The van der Waals surface area contributed by atoms with Gasteiger partial charge in [-0.05, 0) is 43.6 Å². The number of nitrogens with zero attached hydrogens (tertiary/aromatic N) is 1. The number of rotatable bonds is 4. The minimum atomic E-state index is -0.386. The highest BCUT2D eigenvalue weighted by molar-refractivity contribution is 6.30. The van der Waals surface area contributed by atoms with Crippen LogP contribution >= 0.6 is 11.6 Å². The molecule has 2 unspecified atom stereocenters. The number of halogens is 2. The highest BCUT2D eigenvalue weighted by atomic mass is 35.5. The smallest absolute Gasteiger partial charge is 0.225 e. The van der Waals surface area contributed by atoms with Crippen LogP contribution in [-0.2, 0) is 4.79 Å². The van der Waals surface area contributed by atoms with Crippen LogP contribution in [0.1, 0.15) is 18.0 Å². The van der Waals surface area contributed by atoms with E-state index in [-0.39, 0.29) is 28.7 Å². The molecule has 2 aliphatic rings. The minimum absolute atomic E-state index is 0.102. The molecule has 4 nitrogen and oxygen atoms in total. The molecule has 2 aliphatic heterocycles. The van der Waals surface area contributed by atoms with Crippen LogP contribution < -0.4 is 10.6 Å². The maximum Gasteiger partial charge on any atom is 0.225 e. The molecule has 120 valence electrons. The van der Waals surface area contributed by atoms with E-state index in [0.717, 1.165) is 31.6 Å². The molecular weight excluding hydrogens is 305 g/mol. The molecule has 22 heavy (non-hydrogen) atoms. The Labute approximate surface area is 135 Å². The molecular formula is C16H21ClFN3O. The van der Waals surface area contributed by atoms with E-state index in [0.29, 0.717) is 12.5 Å². The van der Waals surface area contributed by atoms with Crippen LogP contribution in [0.15, 0.2) is 18.2 Å². The zero-order chi connectivity index (χ0) is 15.7. The summed E-state index contributed by atoms with van der Waals surface area (Å²) in [5.41, 5.74) is 0.923. The van der Waals surface area contributed by atoms with Gasteiger partial charge in [-0.1, -0.05) is 17.7 Å². The summed E-state index contributed by atoms with van der Waals surface area (Å²) < 4.78 is 13.7. The van der Waals surface area contributed by atoms with Gasteiger partial charge in [0.25, 0.3) is 0 Å². The van der Waals surface area contributed by atoms with Crippen LogP contribution in [0.5, 0.6) is 0 Å². The summed E-state index contributed by atoms with van der Waals surface area (Å²) in [6.07, 6.45) is 0.995. The van der Waals surface area contributed by atoms with Crippen molar-refractivity contribution in [2.75, 3.05) is 33.2 Å². The van der Waals surface area contributed by atoms with Gasteiger partial charge in [0.05, 0.1) is 10.9 Å². The van der Waals surface area contributed by atoms with Gasteiger partial charge >= 0.3 is 0 Å². The number of amides is 1. The molecule has 0 aliphatic carbocycles. The van der Waals surface area contributed by atoms with E-state index in [1.54, 1.807) is 6.07 Å². The van der Waals surface area contributed by atoms with Crippen molar-refractivity contribution in [1.82, 2.24) is 15.5 Å². The average Bonchev–Trinajstić information content (AvgIpc) is 2.79. The fourth-order valence-corrected chi connectivity index (χ4v) is 3.43. The minimum Gasteiger partial charge on any atom is -0.355 e. The van der Waals surface area contributed by atoms with Crippen molar-refractivity contribution in [3.8, 4) is 0 Å². The monoisotopic (exact) mass is 325 g/mol. The molecule has 0 aromatic heterocycles. The van der Waals surface area contributed by atoms with E-state index < -0.39 is 0 Å². The number of benzene rings is 1. The van der Waals surface area contributed by atoms with Crippen molar-refractivity contribution < 1.29 is 9.18 Å². The third kappa shape index (κ3) is 3.12. The number of hydrogen-bond donors (Lipinski definition) is 2. The molecule has 2 heterocycles. The quantitative estimate of drug-likeness (QED) is 0.887. The third-order valence-corrected chi connectivity index (χ3v) is 5.06. The fraction of sp³-hybridized carbons (Fsp3) is 0.562. The summed E-state index contributed by atoms with van der Waals surface area (Å²) >= 11 is 5.77. The van der Waals surface area contributed by atoms with Crippen molar-refractivity contribution in [3.63, 3.8) is 0 Å². The number of carbonyl (C=O) groups is 1. The molecule has 6 heteroatoms. The second kappa shape index (κ2) is 6.52. The van der Waals surface area contributed by atoms with Gasteiger partial charge in [0.1, 0.15) is 5.82 Å². The van der Waals surface area contributed by atoms with E-state index in [1.807, 2.05) is 13.1 Å².